The first-order chi connectivity index (χ1) is 9.80. The van der Waals surface area contributed by atoms with E-state index in [0.29, 0.717) is 5.41 Å². The summed E-state index contributed by atoms with van der Waals surface area (Å²) in [4.78, 5) is 0. The summed E-state index contributed by atoms with van der Waals surface area (Å²) in [5.41, 5.74) is 8.10. The lowest BCUT2D eigenvalue weighted by Crippen LogP contribution is -2.43. The molecule has 0 saturated heterocycles. The molecule has 3 fully saturated rings. The molecule has 1 heteroatoms. The Morgan fingerprint density at radius 2 is 1.75 bits per heavy atom. The smallest absolute Gasteiger partial charge is 0.00203 e. The predicted octanol–water partition coefficient (Wildman–Crippen LogP) is 4.46. The van der Waals surface area contributed by atoms with Gasteiger partial charge in [0.25, 0.3) is 0 Å². The van der Waals surface area contributed by atoms with Crippen molar-refractivity contribution in [3.63, 3.8) is 0 Å². The van der Waals surface area contributed by atoms with Gasteiger partial charge in [-0.05, 0) is 72.2 Å². The Bertz CT molecular complexity index is 622. The second-order valence-electron chi connectivity index (χ2n) is 6.96. The Kier molecular flexibility index (Phi) is 2.85. The summed E-state index contributed by atoms with van der Waals surface area (Å²) in [5.74, 6) is 1.63. The highest BCUT2D eigenvalue weighted by atomic mass is 14.6. The van der Waals surface area contributed by atoms with Crippen LogP contribution in [0.1, 0.15) is 43.6 Å². The number of nitrogens with two attached hydrogens (primary N) is 1. The van der Waals surface area contributed by atoms with Gasteiger partial charge in [-0.2, -0.15) is 0 Å². The van der Waals surface area contributed by atoms with Crippen molar-refractivity contribution in [3.8, 4) is 0 Å². The second kappa shape index (κ2) is 4.60. The van der Waals surface area contributed by atoms with E-state index < -0.39 is 0 Å². The van der Waals surface area contributed by atoms with Gasteiger partial charge in [-0.25, -0.2) is 0 Å². The number of benzene rings is 2. The maximum Gasteiger partial charge on any atom is -0.00203 e. The molecular weight excluding hydrogens is 242 g/mol. The number of fused-ring (bicyclic) bond motifs is 4. The number of hydrogen-bond acceptors (Lipinski definition) is 1. The third-order valence-corrected chi connectivity index (χ3v) is 5.95. The van der Waals surface area contributed by atoms with Crippen molar-refractivity contribution in [3.05, 3.63) is 48.0 Å². The van der Waals surface area contributed by atoms with E-state index in [1.54, 1.807) is 5.56 Å². The minimum Gasteiger partial charge on any atom is -0.330 e. The molecule has 3 aliphatic carbocycles. The maximum absolute atomic E-state index is 6.10. The van der Waals surface area contributed by atoms with Crippen LogP contribution < -0.4 is 5.73 Å². The molecule has 2 bridgehead atoms. The zero-order chi connectivity index (χ0) is 13.6. The van der Waals surface area contributed by atoms with Gasteiger partial charge in [-0.1, -0.05) is 42.5 Å². The monoisotopic (exact) mass is 265 g/mol. The van der Waals surface area contributed by atoms with Gasteiger partial charge in [0, 0.05) is 0 Å². The Hall–Kier alpha value is -1.34. The predicted molar refractivity (Wildman–Crippen MR) is 84.8 cm³/mol. The van der Waals surface area contributed by atoms with Crippen molar-refractivity contribution in [2.24, 2.45) is 17.1 Å². The normalized spacial score (nSPS) is 32.6. The van der Waals surface area contributed by atoms with Crippen molar-refractivity contribution in [1.82, 2.24) is 0 Å². The summed E-state index contributed by atoms with van der Waals surface area (Å²) < 4.78 is 0. The fourth-order valence-corrected chi connectivity index (χ4v) is 4.61. The average Bonchev–Trinajstić information content (AvgIpc) is 2.55. The first kappa shape index (κ1) is 12.4. The van der Waals surface area contributed by atoms with E-state index >= 15 is 0 Å². The molecule has 5 rings (SSSR count). The lowest BCUT2D eigenvalue weighted by Gasteiger charge is -2.51. The fourth-order valence-electron chi connectivity index (χ4n) is 4.61. The van der Waals surface area contributed by atoms with Crippen molar-refractivity contribution in [1.29, 1.82) is 0 Å². The molecule has 0 aliphatic heterocycles. The standard InChI is InChI=1S/C19H23N/c20-13-19-9-7-15(8-10-19)18(12-19)17-6-5-14-3-1-2-4-16(14)11-17/h1-6,11,15,18H,7-10,12-13,20H2. The molecule has 20 heavy (non-hydrogen) atoms. The summed E-state index contributed by atoms with van der Waals surface area (Å²) in [6.07, 6.45) is 6.80. The Balaban J connectivity index is 1.72. The average molecular weight is 265 g/mol. The molecule has 104 valence electrons. The van der Waals surface area contributed by atoms with E-state index in [0.717, 1.165) is 18.4 Å². The highest BCUT2D eigenvalue weighted by Crippen LogP contribution is 2.56. The molecule has 2 aromatic carbocycles. The summed E-state index contributed by atoms with van der Waals surface area (Å²) in [5, 5.41) is 2.74. The zero-order valence-electron chi connectivity index (χ0n) is 12.0. The van der Waals surface area contributed by atoms with Crippen LogP contribution in [0.15, 0.2) is 42.5 Å². The van der Waals surface area contributed by atoms with E-state index in [-0.39, 0.29) is 0 Å². The second-order valence-corrected chi connectivity index (χ2v) is 6.96. The quantitative estimate of drug-likeness (QED) is 0.852. The first-order valence-electron chi connectivity index (χ1n) is 7.98. The van der Waals surface area contributed by atoms with E-state index in [4.69, 9.17) is 5.73 Å². The highest BCUT2D eigenvalue weighted by Gasteiger charge is 2.45. The van der Waals surface area contributed by atoms with Crippen LogP contribution in [0.2, 0.25) is 0 Å². The fraction of sp³-hybridized carbons (Fsp3) is 0.474. The van der Waals surface area contributed by atoms with Gasteiger partial charge in [-0.3, -0.25) is 0 Å². The summed E-state index contributed by atoms with van der Waals surface area (Å²) >= 11 is 0. The molecule has 1 unspecified atom stereocenters. The molecule has 2 N–H and O–H groups in total. The van der Waals surface area contributed by atoms with Gasteiger partial charge in [0.1, 0.15) is 0 Å². The van der Waals surface area contributed by atoms with Crippen LogP contribution >= 0.6 is 0 Å². The van der Waals surface area contributed by atoms with Gasteiger partial charge >= 0.3 is 0 Å². The van der Waals surface area contributed by atoms with Crippen LogP contribution in [-0.2, 0) is 0 Å². The van der Waals surface area contributed by atoms with Crippen molar-refractivity contribution in [2.45, 2.75) is 38.0 Å². The number of rotatable bonds is 2. The molecule has 0 radical (unpaired) electrons. The highest BCUT2D eigenvalue weighted by molar-refractivity contribution is 5.83. The maximum atomic E-state index is 6.10. The van der Waals surface area contributed by atoms with Gasteiger partial charge in [0.05, 0.1) is 0 Å². The molecule has 3 aliphatic rings. The van der Waals surface area contributed by atoms with Crippen molar-refractivity contribution >= 4 is 10.8 Å². The molecule has 0 spiro atoms. The lowest BCUT2D eigenvalue weighted by molar-refractivity contribution is 0.0511. The summed E-state index contributed by atoms with van der Waals surface area (Å²) in [7, 11) is 0. The molecule has 2 aromatic rings. The Morgan fingerprint density at radius 3 is 2.50 bits per heavy atom. The Labute approximate surface area is 121 Å². The van der Waals surface area contributed by atoms with E-state index in [2.05, 4.69) is 42.5 Å². The molecular formula is C19H23N. The third-order valence-electron chi connectivity index (χ3n) is 5.95. The van der Waals surface area contributed by atoms with Crippen LogP contribution in [-0.4, -0.2) is 6.54 Å². The van der Waals surface area contributed by atoms with Crippen LogP contribution in [0.25, 0.3) is 10.8 Å². The van der Waals surface area contributed by atoms with E-state index in [1.807, 2.05) is 0 Å². The Morgan fingerprint density at radius 1 is 1.00 bits per heavy atom. The van der Waals surface area contributed by atoms with E-state index in [9.17, 15) is 0 Å². The number of hydrogen-bond donors (Lipinski definition) is 1. The lowest BCUT2D eigenvalue weighted by atomic mass is 9.55. The topological polar surface area (TPSA) is 26.0 Å². The zero-order valence-corrected chi connectivity index (χ0v) is 12.0. The van der Waals surface area contributed by atoms with Crippen molar-refractivity contribution < 1.29 is 0 Å². The van der Waals surface area contributed by atoms with Crippen LogP contribution in [0.5, 0.6) is 0 Å². The summed E-state index contributed by atoms with van der Waals surface area (Å²) in [6.45, 7) is 0.879. The largest absolute Gasteiger partial charge is 0.330 e. The summed E-state index contributed by atoms with van der Waals surface area (Å²) in [6, 6.07) is 15.8. The third kappa shape index (κ3) is 1.88. The van der Waals surface area contributed by atoms with Crippen molar-refractivity contribution in [2.75, 3.05) is 6.54 Å². The van der Waals surface area contributed by atoms with Crippen LogP contribution in [0.4, 0.5) is 0 Å². The van der Waals surface area contributed by atoms with Gasteiger partial charge in [0.2, 0.25) is 0 Å². The minimum absolute atomic E-state index is 0.449. The molecule has 1 nitrogen and oxygen atoms in total. The molecule has 0 heterocycles. The molecule has 3 saturated carbocycles. The first-order valence-corrected chi connectivity index (χ1v) is 7.98. The van der Waals surface area contributed by atoms with E-state index in [1.165, 1.54) is 42.9 Å². The molecule has 0 aromatic heterocycles. The van der Waals surface area contributed by atoms with Crippen LogP contribution in [0.3, 0.4) is 0 Å². The van der Waals surface area contributed by atoms with Crippen LogP contribution in [0, 0.1) is 11.3 Å². The van der Waals surface area contributed by atoms with Gasteiger partial charge in [0.15, 0.2) is 0 Å². The SMILES string of the molecule is NCC12CCC(CC1)C(c1ccc3ccccc3c1)C2. The van der Waals surface area contributed by atoms with Gasteiger partial charge < -0.3 is 5.73 Å². The van der Waals surface area contributed by atoms with Gasteiger partial charge in [-0.15, -0.1) is 0 Å². The molecule has 1 atom stereocenters. The minimum atomic E-state index is 0.449. The molecule has 0 amide bonds.